The smallest absolute Gasteiger partial charge is 0.194 e. The van der Waals surface area contributed by atoms with Crippen LogP contribution in [-0.2, 0) is 6.54 Å². The first-order chi connectivity index (χ1) is 13.1. The van der Waals surface area contributed by atoms with Gasteiger partial charge in [-0.05, 0) is 23.8 Å². The van der Waals surface area contributed by atoms with Crippen LogP contribution in [0.3, 0.4) is 0 Å². The van der Waals surface area contributed by atoms with E-state index in [-0.39, 0.29) is 18.1 Å². The topological polar surface area (TPSA) is 55.1 Å². The lowest BCUT2D eigenvalue weighted by molar-refractivity contribution is 0.104. The Balaban J connectivity index is 1.65. The molecule has 0 saturated carbocycles. The highest BCUT2D eigenvalue weighted by molar-refractivity contribution is 6.25. The number of aromatic nitrogens is 2. The van der Waals surface area contributed by atoms with Gasteiger partial charge < -0.3 is 5.11 Å². The average Bonchev–Trinajstić information content (AvgIpc) is 3.06. The molecule has 0 radical (unpaired) electrons. The second kappa shape index (κ2) is 5.86. The van der Waals surface area contributed by atoms with E-state index >= 15 is 0 Å². The van der Waals surface area contributed by atoms with Crippen LogP contribution in [0.4, 0.5) is 4.39 Å². The second-order valence-electron chi connectivity index (χ2n) is 6.67. The molecule has 0 bridgehead atoms. The van der Waals surface area contributed by atoms with E-state index in [1.54, 1.807) is 16.8 Å². The molecule has 0 aliphatic heterocycles. The van der Waals surface area contributed by atoms with Gasteiger partial charge in [-0.2, -0.15) is 5.10 Å². The Morgan fingerprint density at radius 1 is 0.926 bits per heavy atom. The molecule has 3 aromatic carbocycles. The number of hydrogen-bond donors (Lipinski definition) is 1. The van der Waals surface area contributed by atoms with Crippen LogP contribution in [0.2, 0.25) is 0 Å². The fourth-order valence-corrected chi connectivity index (χ4v) is 3.73. The Labute approximate surface area is 154 Å². The van der Waals surface area contributed by atoms with Crippen LogP contribution in [0.5, 0.6) is 0 Å². The number of aliphatic hydroxyl groups excluding tert-OH is 1. The molecular weight excluding hydrogens is 343 g/mol. The Bertz CT molecular complexity index is 1190. The van der Waals surface area contributed by atoms with E-state index in [9.17, 15) is 14.3 Å². The van der Waals surface area contributed by atoms with Gasteiger partial charge in [-0.15, -0.1) is 0 Å². The predicted octanol–water partition coefficient (Wildman–Crippen LogP) is 4.12. The van der Waals surface area contributed by atoms with E-state index in [0.717, 1.165) is 22.2 Å². The summed E-state index contributed by atoms with van der Waals surface area (Å²) < 4.78 is 14.9. The van der Waals surface area contributed by atoms with Crippen molar-refractivity contribution in [1.29, 1.82) is 0 Å². The molecule has 132 valence electrons. The third-order valence-electron chi connectivity index (χ3n) is 5.05. The van der Waals surface area contributed by atoms with Crippen molar-refractivity contribution < 1.29 is 14.3 Å². The van der Waals surface area contributed by atoms with Crippen molar-refractivity contribution in [3.05, 3.63) is 89.2 Å². The summed E-state index contributed by atoms with van der Waals surface area (Å²) in [4.78, 5) is 12.9. The van der Waals surface area contributed by atoms with Gasteiger partial charge in [-0.25, -0.2) is 4.39 Å². The van der Waals surface area contributed by atoms with Crippen molar-refractivity contribution in [3.63, 3.8) is 0 Å². The van der Waals surface area contributed by atoms with Gasteiger partial charge in [0.2, 0.25) is 0 Å². The molecule has 0 amide bonds. The quantitative estimate of drug-likeness (QED) is 0.528. The molecule has 0 fully saturated rings. The zero-order valence-corrected chi connectivity index (χ0v) is 14.3. The summed E-state index contributed by atoms with van der Waals surface area (Å²) in [5.74, 6) is -0.356. The minimum absolute atomic E-state index is 0.0117. The monoisotopic (exact) mass is 358 g/mol. The minimum Gasteiger partial charge on any atom is -0.386 e. The summed E-state index contributed by atoms with van der Waals surface area (Å²) in [6, 6.07) is 18.8. The number of fused-ring (bicyclic) bond motifs is 2. The summed E-state index contributed by atoms with van der Waals surface area (Å²) in [7, 11) is 0. The lowest BCUT2D eigenvalue weighted by Crippen LogP contribution is -2.10. The van der Waals surface area contributed by atoms with E-state index in [2.05, 4.69) is 0 Å². The predicted molar refractivity (Wildman–Crippen MR) is 100.0 cm³/mol. The first-order valence-electron chi connectivity index (χ1n) is 8.70. The second-order valence-corrected chi connectivity index (χ2v) is 6.67. The number of benzene rings is 3. The van der Waals surface area contributed by atoms with Gasteiger partial charge in [0.25, 0.3) is 0 Å². The van der Waals surface area contributed by atoms with E-state index < -0.39 is 6.10 Å². The molecule has 1 heterocycles. The molecule has 1 atom stereocenters. The molecule has 5 heteroatoms. The van der Waals surface area contributed by atoms with Gasteiger partial charge in [0.15, 0.2) is 5.78 Å². The maximum Gasteiger partial charge on any atom is 0.194 e. The number of hydrogen-bond acceptors (Lipinski definition) is 3. The molecule has 1 aliphatic rings. The van der Waals surface area contributed by atoms with Crippen LogP contribution in [0.25, 0.3) is 22.2 Å². The van der Waals surface area contributed by atoms with Gasteiger partial charge in [0.1, 0.15) is 11.5 Å². The van der Waals surface area contributed by atoms with Crippen LogP contribution >= 0.6 is 0 Å². The summed E-state index contributed by atoms with van der Waals surface area (Å²) in [5.41, 5.74) is 4.24. The third-order valence-corrected chi connectivity index (χ3v) is 5.05. The molecular formula is C22H15FN2O2. The van der Waals surface area contributed by atoms with Gasteiger partial charge >= 0.3 is 0 Å². The molecule has 0 spiro atoms. The van der Waals surface area contributed by atoms with Crippen molar-refractivity contribution >= 4 is 16.7 Å². The normalized spacial score (nSPS) is 13.6. The van der Waals surface area contributed by atoms with E-state index in [1.807, 2.05) is 42.5 Å². The highest BCUT2D eigenvalue weighted by Crippen LogP contribution is 2.39. The molecule has 4 nitrogen and oxygen atoms in total. The molecule has 0 saturated heterocycles. The van der Waals surface area contributed by atoms with Crippen LogP contribution in [-0.4, -0.2) is 20.7 Å². The average molecular weight is 358 g/mol. The molecule has 1 aromatic heterocycles. The summed E-state index contributed by atoms with van der Waals surface area (Å²) in [6.45, 7) is 0.210. The fourth-order valence-electron chi connectivity index (χ4n) is 3.73. The number of nitrogens with zero attached hydrogens (tertiary/aromatic N) is 2. The van der Waals surface area contributed by atoms with Crippen LogP contribution in [0.1, 0.15) is 27.6 Å². The van der Waals surface area contributed by atoms with Gasteiger partial charge in [0, 0.05) is 22.1 Å². The zero-order chi connectivity index (χ0) is 18.5. The van der Waals surface area contributed by atoms with Gasteiger partial charge in [0.05, 0.1) is 18.2 Å². The van der Waals surface area contributed by atoms with Crippen molar-refractivity contribution in [3.8, 4) is 11.3 Å². The van der Waals surface area contributed by atoms with Gasteiger partial charge in [-0.1, -0.05) is 48.5 Å². The lowest BCUT2D eigenvalue weighted by Gasteiger charge is -2.13. The third kappa shape index (κ3) is 2.39. The Morgan fingerprint density at radius 3 is 2.41 bits per heavy atom. The number of carbonyl (C=O) groups is 1. The highest BCUT2D eigenvalue weighted by Gasteiger charge is 2.28. The molecule has 5 rings (SSSR count). The molecule has 1 aliphatic carbocycles. The Morgan fingerprint density at radius 2 is 1.63 bits per heavy atom. The van der Waals surface area contributed by atoms with E-state index in [0.29, 0.717) is 16.7 Å². The SMILES string of the molecule is O=C1c2ccccc2-c2nn(CC(O)c3ccc(F)cc3)c3cccc1c23. The fraction of sp³-hybridized carbons (Fsp3) is 0.0909. The number of rotatable bonds is 3. The maximum absolute atomic E-state index is 13.1. The maximum atomic E-state index is 13.1. The van der Waals surface area contributed by atoms with Crippen molar-refractivity contribution in [2.75, 3.05) is 0 Å². The summed E-state index contributed by atoms with van der Waals surface area (Å²) >= 11 is 0. The minimum atomic E-state index is -0.836. The van der Waals surface area contributed by atoms with Crippen LogP contribution in [0.15, 0.2) is 66.7 Å². The molecule has 27 heavy (non-hydrogen) atoms. The van der Waals surface area contributed by atoms with E-state index in [1.165, 1.54) is 12.1 Å². The Kier molecular flexibility index (Phi) is 3.45. The summed E-state index contributed by atoms with van der Waals surface area (Å²) in [6.07, 6.45) is -0.836. The summed E-state index contributed by atoms with van der Waals surface area (Å²) in [5, 5.41) is 16.1. The van der Waals surface area contributed by atoms with Crippen LogP contribution < -0.4 is 0 Å². The largest absolute Gasteiger partial charge is 0.386 e. The highest BCUT2D eigenvalue weighted by atomic mass is 19.1. The lowest BCUT2D eigenvalue weighted by atomic mass is 9.87. The molecule has 1 N–H and O–H groups in total. The zero-order valence-electron chi connectivity index (χ0n) is 14.3. The van der Waals surface area contributed by atoms with E-state index in [4.69, 9.17) is 5.10 Å². The van der Waals surface area contributed by atoms with Crippen molar-refractivity contribution in [2.45, 2.75) is 12.6 Å². The number of halogens is 1. The van der Waals surface area contributed by atoms with Crippen molar-refractivity contribution in [2.24, 2.45) is 0 Å². The number of ketones is 1. The van der Waals surface area contributed by atoms with Crippen molar-refractivity contribution in [1.82, 2.24) is 9.78 Å². The van der Waals surface area contributed by atoms with Crippen LogP contribution in [0, 0.1) is 5.82 Å². The van der Waals surface area contributed by atoms with Gasteiger partial charge in [-0.3, -0.25) is 9.48 Å². The first-order valence-corrected chi connectivity index (χ1v) is 8.70. The first kappa shape index (κ1) is 15.9. The molecule has 1 unspecified atom stereocenters. The Hall–Kier alpha value is -3.31. The molecule has 4 aromatic rings. The number of carbonyl (C=O) groups excluding carboxylic acids is 1. The number of aliphatic hydroxyl groups is 1. The standard InChI is InChI=1S/C22H15FN2O2/c23-14-10-8-13(9-11-14)19(26)12-25-18-7-3-6-17-20(18)21(24-25)15-4-1-2-5-16(15)22(17)27/h1-11,19,26H,12H2.